The molecule has 0 bridgehead atoms. The second-order valence-corrected chi connectivity index (χ2v) is 6.22. The maximum Gasteiger partial charge on any atom is 0.291 e. The van der Waals surface area contributed by atoms with Crippen LogP contribution in [0.3, 0.4) is 0 Å². The summed E-state index contributed by atoms with van der Waals surface area (Å²) in [5, 5.41) is 5.55. The normalized spacial score (nSPS) is 11.8. The molecule has 2 rings (SSSR count). The minimum atomic E-state index is -0.482. The molecule has 0 aliphatic rings. The van der Waals surface area contributed by atoms with E-state index >= 15 is 0 Å². The molecule has 0 fully saturated rings. The minimum Gasteiger partial charge on any atom is -0.459 e. The van der Waals surface area contributed by atoms with E-state index in [2.05, 4.69) is 10.6 Å². The quantitative estimate of drug-likeness (QED) is 0.680. The second kappa shape index (κ2) is 9.14. The van der Waals surface area contributed by atoms with Crippen LogP contribution in [-0.4, -0.2) is 29.9 Å². The Kier molecular flexibility index (Phi) is 6.89. The van der Waals surface area contributed by atoms with Crippen LogP contribution in [0, 0.1) is 0 Å². The summed E-state index contributed by atoms with van der Waals surface area (Å²) in [6.07, 6.45) is 4.09. The number of nitrogens with one attached hydrogen (secondary N) is 2. The summed E-state index contributed by atoms with van der Waals surface area (Å²) in [4.78, 5) is 23.7. The van der Waals surface area contributed by atoms with Gasteiger partial charge in [0, 0.05) is 12.2 Å². The van der Waals surface area contributed by atoms with Gasteiger partial charge in [0.15, 0.2) is 5.76 Å². The zero-order chi connectivity index (χ0) is 17.4. The van der Waals surface area contributed by atoms with E-state index in [1.54, 1.807) is 36.0 Å². The molecule has 0 radical (unpaired) electrons. The van der Waals surface area contributed by atoms with Crippen LogP contribution in [0.2, 0.25) is 0 Å². The van der Waals surface area contributed by atoms with Gasteiger partial charge in [-0.1, -0.05) is 12.1 Å². The third-order valence-electron chi connectivity index (χ3n) is 3.39. The Morgan fingerprint density at radius 1 is 1.25 bits per heavy atom. The van der Waals surface area contributed by atoms with Crippen LogP contribution in [0.4, 0.5) is 5.69 Å². The third kappa shape index (κ3) is 5.43. The number of hydrogen-bond acceptors (Lipinski definition) is 5. The van der Waals surface area contributed by atoms with Crippen molar-refractivity contribution >= 4 is 29.3 Å². The average molecular weight is 347 g/mol. The molecule has 0 unspecified atom stereocenters. The molecule has 0 spiro atoms. The lowest BCUT2D eigenvalue weighted by Crippen LogP contribution is -2.40. The molecule has 1 atom stereocenters. The second-order valence-electron chi connectivity index (χ2n) is 5.23. The molecule has 1 aromatic carbocycles. The first-order valence-corrected chi connectivity index (χ1v) is 8.95. The number of thioether (sulfide) groups is 1. The molecule has 4 N–H and O–H groups in total. The Hall–Kier alpha value is -2.25. The van der Waals surface area contributed by atoms with Crippen molar-refractivity contribution < 1.29 is 14.0 Å². The highest BCUT2D eigenvalue weighted by Crippen LogP contribution is 2.12. The van der Waals surface area contributed by atoms with Crippen LogP contribution in [0.25, 0.3) is 0 Å². The fourth-order valence-electron chi connectivity index (χ4n) is 2.00. The van der Waals surface area contributed by atoms with Gasteiger partial charge >= 0.3 is 0 Å². The van der Waals surface area contributed by atoms with Crippen LogP contribution in [-0.2, 0) is 11.3 Å². The number of amides is 2. The van der Waals surface area contributed by atoms with Crippen molar-refractivity contribution in [3.05, 3.63) is 54.0 Å². The van der Waals surface area contributed by atoms with Gasteiger partial charge in [0.2, 0.25) is 5.91 Å². The number of hydrogen-bond donors (Lipinski definition) is 3. The molecule has 0 aliphatic carbocycles. The molecule has 24 heavy (non-hydrogen) atoms. The zero-order valence-corrected chi connectivity index (χ0v) is 14.3. The highest BCUT2D eigenvalue weighted by molar-refractivity contribution is 7.98. The van der Waals surface area contributed by atoms with Crippen LogP contribution in [0.1, 0.15) is 22.5 Å². The molecular weight excluding hydrogens is 326 g/mol. The minimum absolute atomic E-state index is 0.153. The summed E-state index contributed by atoms with van der Waals surface area (Å²) in [7, 11) is 0. The first-order valence-electron chi connectivity index (χ1n) is 7.56. The van der Waals surface area contributed by atoms with Crippen molar-refractivity contribution in [2.24, 2.45) is 5.73 Å². The Morgan fingerprint density at radius 2 is 2.00 bits per heavy atom. The highest BCUT2D eigenvalue weighted by atomic mass is 32.2. The van der Waals surface area contributed by atoms with Crippen LogP contribution in [0.5, 0.6) is 0 Å². The van der Waals surface area contributed by atoms with E-state index in [4.69, 9.17) is 10.2 Å². The van der Waals surface area contributed by atoms with E-state index in [0.717, 1.165) is 11.3 Å². The lowest BCUT2D eigenvalue weighted by atomic mass is 10.2. The largest absolute Gasteiger partial charge is 0.459 e. The summed E-state index contributed by atoms with van der Waals surface area (Å²) in [6.45, 7) is 0.401. The van der Waals surface area contributed by atoms with Crippen molar-refractivity contribution in [1.29, 1.82) is 0 Å². The monoisotopic (exact) mass is 347 g/mol. The molecule has 7 heteroatoms. The van der Waals surface area contributed by atoms with E-state index < -0.39 is 6.04 Å². The van der Waals surface area contributed by atoms with Gasteiger partial charge in [0.05, 0.1) is 12.3 Å². The topological polar surface area (TPSA) is 97.4 Å². The zero-order valence-electron chi connectivity index (χ0n) is 13.5. The number of furan rings is 1. The molecule has 0 saturated carbocycles. The van der Waals surface area contributed by atoms with Gasteiger partial charge in [-0.15, -0.1) is 0 Å². The predicted octanol–water partition coefficient (Wildman–Crippen LogP) is 2.23. The summed E-state index contributed by atoms with van der Waals surface area (Å²) in [5.41, 5.74) is 7.39. The fourth-order valence-corrected chi connectivity index (χ4v) is 2.49. The maximum absolute atomic E-state index is 11.9. The van der Waals surface area contributed by atoms with Gasteiger partial charge in [-0.25, -0.2) is 0 Å². The smallest absolute Gasteiger partial charge is 0.291 e. The average Bonchev–Trinajstić information content (AvgIpc) is 3.13. The fraction of sp³-hybridized carbons (Fsp3) is 0.294. The Balaban J connectivity index is 1.81. The van der Waals surface area contributed by atoms with Gasteiger partial charge in [-0.3, -0.25) is 9.59 Å². The molecule has 128 valence electrons. The molecule has 0 aliphatic heterocycles. The summed E-state index contributed by atoms with van der Waals surface area (Å²) in [6, 6.07) is 10.00. The van der Waals surface area contributed by atoms with E-state index in [1.165, 1.54) is 6.26 Å². The van der Waals surface area contributed by atoms with Gasteiger partial charge < -0.3 is 20.8 Å². The van der Waals surface area contributed by atoms with Gasteiger partial charge in [0.25, 0.3) is 5.91 Å². The lowest BCUT2D eigenvalue weighted by Gasteiger charge is -2.12. The predicted molar refractivity (Wildman–Crippen MR) is 95.9 cm³/mol. The number of carbonyl (C=O) groups is 2. The summed E-state index contributed by atoms with van der Waals surface area (Å²) >= 11 is 1.67. The lowest BCUT2D eigenvalue weighted by molar-refractivity contribution is -0.122. The standard InChI is InChI=1S/C17H21N3O3S/c1-24-10-8-14(18)16(21)19-11-12-4-6-13(7-5-12)20-17(22)15-3-2-9-23-15/h2-7,9,14H,8,10-11,18H2,1H3,(H,19,21)(H,20,22)/t14-/m0/s1. The van der Waals surface area contributed by atoms with Crippen molar-refractivity contribution in [2.75, 3.05) is 17.3 Å². The third-order valence-corrected chi connectivity index (χ3v) is 4.04. The van der Waals surface area contributed by atoms with Crippen LogP contribution < -0.4 is 16.4 Å². The van der Waals surface area contributed by atoms with E-state index in [1.807, 2.05) is 18.4 Å². The SMILES string of the molecule is CSCC[C@H](N)C(=O)NCc1ccc(NC(=O)c2ccco2)cc1. The Labute approximate surface area is 145 Å². The number of nitrogens with two attached hydrogens (primary N) is 1. The van der Waals surface area contributed by atoms with Crippen molar-refractivity contribution in [3.8, 4) is 0 Å². The molecule has 0 saturated heterocycles. The molecule has 1 aromatic heterocycles. The van der Waals surface area contributed by atoms with E-state index in [9.17, 15) is 9.59 Å². The van der Waals surface area contributed by atoms with Gasteiger partial charge in [-0.05, 0) is 48.3 Å². The first-order chi connectivity index (χ1) is 11.6. The van der Waals surface area contributed by atoms with Crippen LogP contribution >= 0.6 is 11.8 Å². The van der Waals surface area contributed by atoms with Crippen LogP contribution in [0.15, 0.2) is 47.1 Å². The number of benzene rings is 1. The number of carbonyl (C=O) groups excluding carboxylic acids is 2. The first kappa shape index (κ1) is 18.1. The Morgan fingerprint density at radius 3 is 2.62 bits per heavy atom. The molecule has 2 amide bonds. The van der Waals surface area contributed by atoms with Crippen molar-refractivity contribution in [2.45, 2.75) is 19.0 Å². The molecule has 1 heterocycles. The van der Waals surface area contributed by atoms with Crippen molar-refractivity contribution in [1.82, 2.24) is 5.32 Å². The van der Waals surface area contributed by atoms with E-state index in [0.29, 0.717) is 18.7 Å². The van der Waals surface area contributed by atoms with Crippen molar-refractivity contribution in [3.63, 3.8) is 0 Å². The molecular formula is C17H21N3O3S. The molecule has 6 nitrogen and oxygen atoms in total. The number of rotatable bonds is 8. The molecule has 2 aromatic rings. The summed E-state index contributed by atoms with van der Waals surface area (Å²) < 4.78 is 5.03. The Bertz CT molecular complexity index is 656. The number of anilines is 1. The summed E-state index contributed by atoms with van der Waals surface area (Å²) in [5.74, 6) is 0.657. The highest BCUT2D eigenvalue weighted by Gasteiger charge is 2.12. The van der Waals surface area contributed by atoms with E-state index in [-0.39, 0.29) is 17.6 Å². The maximum atomic E-state index is 11.9. The van der Waals surface area contributed by atoms with Gasteiger partial charge in [-0.2, -0.15) is 11.8 Å². The van der Waals surface area contributed by atoms with Gasteiger partial charge in [0.1, 0.15) is 0 Å².